The third-order valence-electron chi connectivity index (χ3n) is 2.67. The predicted molar refractivity (Wildman–Crippen MR) is 76.3 cm³/mol. The van der Waals surface area contributed by atoms with Gasteiger partial charge in [0.25, 0.3) is 0 Å². The molecule has 0 aliphatic heterocycles. The highest BCUT2D eigenvalue weighted by molar-refractivity contribution is 9.10. The van der Waals surface area contributed by atoms with Crippen LogP contribution in [0, 0.1) is 5.92 Å². The number of hydrogen-bond donors (Lipinski definition) is 0. The molecule has 0 amide bonds. The Hall–Kier alpha value is -0.870. The van der Waals surface area contributed by atoms with Crippen LogP contribution in [0.1, 0.15) is 19.4 Å². The summed E-state index contributed by atoms with van der Waals surface area (Å²) in [7, 11) is 2.01. The Kier molecular flexibility index (Phi) is 6.36. The standard InChI is InChI=1S/C14H20BrNO2/c1-4-18-14(17)11(2)9-16(3)10-12-7-5-6-8-13(12)15/h5-8,11H,4,9-10H2,1-3H3. The zero-order valence-corrected chi connectivity index (χ0v) is 12.7. The van der Waals surface area contributed by atoms with E-state index in [9.17, 15) is 4.79 Å². The Morgan fingerprint density at radius 2 is 2.11 bits per heavy atom. The van der Waals surface area contributed by atoms with Crippen molar-refractivity contribution in [1.29, 1.82) is 0 Å². The molecule has 0 fully saturated rings. The molecule has 1 rings (SSSR count). The van der Waals surface area contributed by atoms with Crippen molar-refractivity contribution in [3.05, 3.63) is 34.3 Å². The third-order valence-corrected chi connectivity index (χ3v) is 3.45. The average molecular weight is 314 g/mol. The Labute approximate surface area is 117 Å². The van der Waals surface area contributed by atoms with Gasteiger partial charge in [0.1, 0.15) is 0 Å². The second-order valence-electron chi connectivity index (χ2n) is 4.44. The van der Waals surface area contributed by atoms with Crippen molar-refractivity contribution in [3.8, 4) is 0 Å². The molecule has 0 aliphatic carbocycles. The van der Waals surface area contributed by atoms with Crippen LogP contribution >= 0.6 is 15.9 Å². The molecule has 0 bridgehead atoms. The van der Waals surface area contributed by atoms with Crippen LogP contribution in [-0.2, 0) is 16.1 Å². The van der Waals surface area contributed by atoms with Crippen LogP contribution in [0.5, 0.6) is 0 Å². The molecule has 1 unspecified atom stereocenters. The maximum atomic E-state index is 11.5. The summed E-state index contributed by atoms with van der Waals surface area (Å²) in [6, 6.07) is 8.12. The van der Waals surface area contributed by atoms with E-state index >= 15 is 0 Å². The molecule has 0 saturated heterocycles. The van der Waals surface area contributed by atoms with E-state index in [0.29, 0.717) is 13.2 Å². The average Bonchev–Trinajstić information content (AvgIpc) is 2.32. The lowest BCUT2D eigenvalue weighted by Gasteiger charge is -2.20. The molecule has 4 heteroatoms. The van der Waals surface area contributed by atoms with Crippen LogP contribution in [0.4, 0.5) is 0 Å². The summed E-state index contributed by atoms with van der Waals surface area (Å²) in [6.07, 6.45) is 0. The fourth-order valence-corrected chi connectivity index (χ4v) is 2.22. The largest absolute Gasteiger partial charge is 0.466 e. The van der Waals surface area contributed by atoms with Crippen molar-refractivity contribution in [2.75, 3.05) is 20.2 Å². The Balaban J connectivity index is 2.49. The van der Waals surface area contributed by atoms with Gasteiger partial charge in [0.15, 0.2) is 0 Å². The zero-order valence-electron chi connectivity index (χ0n) is 11.1. The molecule has 0 heterocycles. The molecular formula is C14H20BrNO2. The van der Waals surface area contributed by atoms with Gasteiger partial charge in [0, 0.05) is 17.6 Å². The van der Waals surface area contributed by atoms with Crippen molar-refractivity contribution in [2.24, 2.45) is 5.92 Å². The maximum Gasteiger partial charge on any atom is 0.309 e. The minimum absolute atomic E-state index is 0.0996. The first-order valence-electron chi connectivity index (χ1n) is 6.13. The molecule has 0 saturated carbocycles. The van der Waals surface area contributed by atoms with Crippen molar-refractivity contribution in [3.63, 3.8) is 0 Å². The summed E-state index contributed by atoms with van der Waals surface area (Å²) >= 11 is 3.53. The topological polar surface area (TPSA) is 29.5 Å². The minimum Gasteiger partial charge on any atom is -0.466 e. The van der Waals surface area contributed by atoms with Gasteiger partial charge in [-0.2, -0.15) is 0 Å². The van der Waals surface area contributed by atoms with Gasteiger partial charge in [-0.3, -0.25) is 4.79 Å². The molecule has 100 valence electrons. The van der Waals surface area contributed by atoms with Crippen LogP contribution < -0.4 is 0 Å². The maximum absolute atomic E-state index is 11.5. The van der Waals surface area contributed by atoms with Crippen molar-refractivity contribution in [1.82, 2.24) is 4.90 Å². The second-order valence-corrected chi connectivity index (χ2v) is 5.30. The Bertz CT molecular complexity index is 395. The molecule has 0 radical (unpaired) electrons. The SMILES string of the molecule is CCOC(=O)C(C)CN(C)Cc1ccccc1Br. The zero-order chi connectivity index (χ0) is 13.5. The number of nitrogens with zero attached hydrogens (tertiary/aromatic N) is 1. The van der Waals surface area contributed by atoms with E-state index in [0.717, 1.165) is 11.0 Å². The van der Waals surface area contributed by atoms with Gasteiger partial charge in [-0.05, 0) is 25.6 Å². The summed E-state index contributed by atoms with van der Waals surface area (Å²) < 4.78 is 6.10. The van der Waals surface area contributed by atoms with Gasteiger partial charge < -0.3 is 9.64 Å². The van der Waals surface area contributed by atoms with Crippen molar-refractivity contribution >= 4 is 21.9 Å². The first-order valence-corrected chi connectivity index (χ1v) is 6.92. The lowest BCUT2D eigenvalue weighted by molar-refractivity contribution is -0.147. The van der Waals surface area contributed by atoms with Crippen LogP contribution in [0.3, 0.4) is 0 Å². The first kappa shape index (κ1) is 15.2. The monoisotopic (exact) mass is 313 g/mol. The smallest absolute Gasteiger partial charge is 0.309 e. The lowest BCUT2D eigenvalue weighted by Crippen LogP contribution is -2.29. The number of ether oxygens (including phenoxy) is 1. The van der Waals surface area contributed by atoms with Crippen LogP contribution in [0.2, 0.25) is 0 Å². The fourth-order valence-electron chi connectivity index (χ4n) is 1.81. The number of rotatable bonds is 6. The molecule has 0 aliphatic rings. The Morgan fingerprint density at radius 3 is 2.72 bits per heavy atom. The molecule has 3 nitrogen and oxygen atoms in total. The summed E-state index contributed by atoms with van der Waals surface area (Å²) in [5.74, 6) is -0.228. The Morgan fingerprint density at radius 1 is 1.44 bits per heavy atom. The quantitative estimate of drug-likeness (QED) is 0.756. The van der Waals surface area contributed by atoms with Gasteiger partial charge in [0.05, 0.1) is 12.5 Å². The summed E-state index contributed by atoms with van der Waals surface area (Å²) in [5, 5.41) is 0. The normalized spacial score (nSPS) is 12.5. The van der Waals surface area contributed by atoms with E-state index in [1.807, 2.05) is 39.1 Å². The summed E-state index contributed by atoms with van der Waals surface area (Å²) in [4.78, 5) is 13.7. The molecular weight excluding hydrogens is 294 g/mol. The van der Waals surface area contributed by atoms with Crippen LogP contribution in [0.15, 0.2) is 28.7 Å². The lowest BCUT2D eigenvalue weighted by atomic mass is 10.1. The van der Waals surface area contributed by atoms with Gasteiger partial charge in [-0.15, -0.1) is 0 Å². The van der Waals surface area contributed by atoms with Gasteiger partial charge >= 0.3 is 5.97 Å². The number of esters is 1. The predicted octanol–water partition coefficient (Wildman–Crippen LogP) is 3.08. The molecule has 1 aromatic rings. The summed E-state index contributed by atoms with van der Waals surface area (Å²) in [5.41, 5.74) is 1.22. The van der Waals surface area contributed by atoms with Gasteiger partial charge in [-0.25, -0.2) is 0 Å². The molecule has 1 aromatic carbocycles. The number of benzene rings is 1. The van der Waals surface area contributed by atoms with E-state index in [1.165, 1.54) is 5.56 Å². The van der Waals surface area contributed by atoms with Gasteiger partial charge in [0.2, 0.25) is 0 Å². The number of halogens is 1. The first-order chi connectivity index (χ1) is 8.54. The number of carbonyl (C=O) groups excluding carboxylic acids is 1. The molecule has 1 atom stereocenters. The van der Waals surface area contributed by atoms with Crippen molar-refractivity contribution < 1.29 is 9.53 Å². The van der Waals surface area contributed by atoms with E-state index < -0.39 is 0 Å². The molecule has 0 spiro atoms. The molecule has 0 aromatic heterocycles. The minimum atomic E-state index is -0.128. The fraction of sp³-hybridized carbons (Fsp3) is 0.500. The highest BCUT2D eigenvalue weighted by atomic mass is 79.9. The summed E-state index contributed by atoms with van der Waals surface area (Å²) in [6.45, 7) is 5.67. The second kappa shape index (κ2) is 7.54. The van der Waals surface area contributed by atoms with Crippen molar-refractivity contribution in [2.45, 2.75) is 20.4 Å². The highest BCUT2D eigenvalue weighted by Gasteiger charge is 2.16. The van der Waals surface area contributed by atoms with E-state index in [-0.39, 0.29) is 11.9 Å². The number of carbonyl (C=O) groups is 1. The van der Waals surface area contributed by atoms with Crippen LogP contribution in [-0.4, -0.2) is 31.1 Å². The third kappa shape index (κ3) is 4.78. The van der Waals surface area contributed by atoms with Gasteiger partial charge in [-0.1, -0.05) is 41.1 Å². The van der Waals surface area contributed by atoms with E-state index in [2.05, 4.69) is 26.9 Å². The van der Waals surface area contributed by atoms with E-state index in [4.69, 9.17) is 4.74 Å². The van der Waals surface area contributed by atoms with Crippen LogP contribution in [0.25, 0.3) is 0 Å². The highest BCUT2D eigenvalue weighted by Crippen LogP contribution is 2.17. The number of hydrogen-bond acceptors (Lipinski definition) is 3. The van der Waals surface area contributed by atoms with E-state index in [1.54, 1.807) is 0 Å². The molecule has 0 N–H and O–H groups in total. The molecule has 18 heavy (non-hydrogen) atoms.